The quantitative estimate of drug-likeness (QED) is 0.751. The van der Waals surface area contributed by atoms with Crippen molar-refractivity contribution in [3.63, 3.8) is 0 Å². The first-order valence-corrected chi connectivity index (χ1v) is 6.77. The maximum atomic E-state index is 5.92. The van der Waals surface area contributed by atoms with Crippen molar-refractivity contribution in [2.24, 2.45) is 0 Å². The van der Waals surface area contributed by atoms with Crippen molar-refractivity contribution in [2.75, 3.05) is 26.8 Å². The van der Waals surface area contributed by atoms with Gasteiger partial charge in [0, 0.05) is 20.2 Å². The Hall–Kier alpha value is -1.06. The first kappa shape index (κ1) is 13.4. The van der Waals surface area contributed by atoms with Gasteiger partial charge in [0.15, 0.2) is 0 Å². The zero-order valence-electron chi connectivity index (χ0n) is 11.4. The van der Waals surface area contributed by atoms with Gasteiger partial charge in [0.25, 0.3) is 0 Å². The molecule has 1 N–H and O–H groups in total. The lowest BCUT2D eigenvalue weighted by Crippen LogP contribution is -2.31. The van der Waals surface area contributed by atoms with E-state index in [-0.39, 0.29) is 6.10 Å². The van der Waals surface area contributed by atoms with Crippen LogP contribution in [0.25, 0.3) is 0 Å². The van der Waals surface area contributed by atoms with Gasteiger partial charge in [-0.2, -0.15) is 0 Å². The standard InChI is InChI=1S/C15H23NO2/c1-12(11-16-8-9-17-2)18-15-7-6-13-4-3-5-14(13)10-15/h6-7,10,12,16H,3-5,8-9,11H2,1-2H3. The number of hydrogen-bond acceptors (Lipinski definition) is 3. The van der Waals surface area contributed by atoms with Gasteiger partial charge in [0.1, 0.15) is 11.9 Å². The van der Waals surface area contributed by atoms with E-state index in [1.807, 2.05) is 0 Å². The van der Waals surface area contributed by atoms with Crippen LogP contribution in [0.5, 0.6) is 5.75 Å². The molecule has 3 nitrogen and oxygen atoms in total. The molecular weight excluding hydrogens is 226 g/mol. The fourth-order valence-corrected chi connectivity index (χ4v) is 2.38. The second-order valence-electron chi connectivity index (χ2n) is 4.91. The molecule has 0 saturated carbocycles. The van der Waals surface area contributed by atoms with Crippen molar-refractivity contribution in [3.05, 3.63) is 29.3 Å². The van der Waals surface area contributed by atoms with Gasteiger partial charge in [-0.05, 0) is 49.4 Å². The molecule has 1 aromatic rings. The first-order chi connectivity index (χ1) is 8.79. The van der Waals surface area contributed by atoms with Crippen molar-refractivity contribution in [1.82, 2.24) is 5.32 Å². The van der Waals surface area contributed by atoms with E-state index in [1.54, 1.807) is 7.11 Å². The Morgan fingerprint density at radius 2 is 2.11 bits per heavy atom. The van der Waals surface area contributed by atoms with Crippen LogP contribution >= 0.6 is 0 Å². The monoisotopic (exact) mass is 249 g/mol. The summed E-state index contributed by atoms with van der Waals surface area (Å²) in [5.41, 5.74) is 2.96. The summed E-state index contributed by atoms with van der Waals surface area (Å²) in [5, 5.41) is 3.31. The molecule has 2 rings (SSSR count). The van der Waals surface area contributed by atoms with Gasteiger partial charge in [-0.15, -0.1) is 0 Å². The summed E-state index contributed by atoms with van der Waals surface area (Å²) in [4.78, 5) is 0. The smallest absolute Gasteiger partial charge is 0.120 e. The molecule has 0 saturated heterocycles. The summed E-state index contributed by atoms with van der Waals surface area (Å²) < 4.78 is 10.9. The van der Waals surface area contributed by atoms with E-state index in [4.69, 9.17) is 9.47 Å². The van der Waals surface area contributed by atoms with Crippen LogP contribution < -0.4 is 10.1 Å². The number of fused-ring (bicyclic) bond motifs is 1. The molecule has 0 amide bonds. The summed E-state index contributed by atoms with van der Waals surface area (Å²) in [6.07, 6.45) is 3.89. The average molecular weight is 249 g/mol. The molecule has 1 unspecified atom stereocenters. The van der Waals surface area contributed by atoms with Gasteiger partial charge in [0.05, 0.1) is 6.61 Å². The molecule has 0 bridgehead atoms. The molecule has 1 aromatic carbocycles. The van der Waals surface area contributed by atoms with Crippen LogP contribution in [-0.2, 0) is 17.6 Å². The number of nitrogens with one attached hydrogen (secondary N) is 1. The Kier molecular flexibility index (Phi) is 5.02. The second-order valence-corrected chi connectivity index (χ2v) is 4.91. The van der Waals surface area contributed by atoms with Crippen molar-refractivity contribution >= 4 is 0 Å². The Morgan fingerprint density at radius 1 is 1.28 bits per heavy atom. The lowest BCUT2D eigenvalue weighted by Gasteiger charge is -2.16. The fourth-order valence-electron chi connectivity index (χ4n) is 2.38. The SMILES string of the molecule is COCCNCC(C)Oc1ccc2c(c1)CCC2. The highest BCUT2D eigenvalue weighted by Crippen LogP contribution is 2.26. The molecule has 18 heavy (non-hydrogen) atoms. The second kappa shape index (κ2) is 6.76. The number of benzene rings is 1. The lowest BCUT2D eigenvalue weighted by molar-refractivity contribution is 0.184. The molecule has 0 fully saturated rings. The molecule has 0 heterocycles. The molecule has 1 aliphatic carbocycles. The van der Waals surface area contributed by atoms with E-state index in [9.17, 15) is 0 Å². The Bertz CT molecular complexity index is 379. The summed E-state index contributed by atoms with van der Waals surface area (Å²) in [5.74, 6) is 0.997. The predicted octanol–water partition coefficient (Wildman–Crippen LogP) is 2.18. The molecule has 0 aromatic heterocycles. The zero-order chi connectivity index (χ0) is 12.8. The normalized spacial score (nSPS) is 15.4. The van der Waals surface area contributed by atoms with Crippen molar-refractivity contribution in [1.29, 1.82) is 0 Å². The van der Waals surface area contributed by atoms with E-state index in [1.165, 1.54) is 30.4 Å². The highest BCUT2D eigenvalue weighted by molar-refractivity contribution is 5.38. The van der Waals surface area contributed by atoms with E-state index in [2.05, 4.69) is 30.4 Å². The van der Waals surface area contributed by atoms with Crippen LogP contribution in [0.1, 0.15) is 24.5 Å². The number of aryl methyl sites for hydroxylation is 2. The lowest BCUT2D eigenvalue weighted by atomic mass is 10.1. The summed E-state index contributed by atoms with van der Waals surface area (Å²) in [6.45, 7) is 4.55. The average Bonchev–Trinajstić information content (AvgIpc) is 2.82. The van der Waals surface area contributed by atoms with Gasteiger partial charge in [-0.3, -0.25) is 0 Å². The summed E-state index contributed by atoms with van der Waals surface area (Å²) >= 11 is 0. The van der Waals surface area contributed by atoms with Crippen LogP contribution in [-0.4, -0.2) is 32.9 Å². The number of ether oxygens (including phenoxy) is 2. The minimum absolute atomic E-state index is 0.182. The van der Waals surface area contributed by atoms with Gasteiger partial charge >= 0.3 is 0 Å². The fraction of sp³-hybridized carbons (Fsp3) is 0.600. The number of hydrogen-bond donors (Lipinski definition) is 1. The molecule has 0 aliphatic heterocycles. The topological polar surface area (TPSA) is 30.5 Å². The largest absolute Gasteiger partial charge is 0.489 e. The minimum atomic E-state index is 0.182. The first-order valence-electron chi connectivity index (χ1n) is 6.77. The van der Waals surface area contributed by atoms with E-state index >= 15 is 0 Å². The highest BCUT2D eigenvalue weighted by Gasteiger charge is 2.12. The van der Waals surface area contributed by atoms with Crippen LogP contribution in [0, 0.1) is 0 Å². The summed E-state index contributed by atoms with van der Waals surface area (Å²) in [6, 6.07) is 6.51. The molecule has 1 aliphatic rings. The van der Waals surface area contributed by atoms with Gasteiger partial charge in [-0.25, -0.2) is 0 Å². The third kappa shape index (κ3) is 3.72. The minimum Gasteiger partial charge on any atom is -0.489 e. The molecule has 0 radical (unpaired) electrons. The predicted molar refractivity (Wildman–Crippen MR) is 73.3 cm³/mol. The van der Waals surface area contributed by atoms with Crippen LogP contribution in [0.3, 0.4) is 0 Å². The van der Waals surface area contributed by atoms with Crippen LogP contribution in [0.4, 0.5) is 0 Å². The van der Waals surface area contributed by atoms with Crippen molar-refractivity contribution < 1.29 is 9.47 Å². The third-order valence-corrected chi connectivity index (χ3v) is 3.32. The maximum Gasteiger partial charge on any atom is 0.120 e. The van der Waals surface area contributed by atoms with E-state index < -0.39 is 0 Å². The van der Waals surface area contributed by atoms with Crippen molar-refractivity contribution in [3.8, 4) is 5.75 Å². The van der Waals surface area contributed by atoms with Gasteiger partial charge in [-0.1, -0.05) is 6.07 Å². The van der Waals surface area contributed by atoms with Crippen LogP contribution in [0.15, 0.2) is 18.2 Å². The highest BCUT2D eigenvalue weighted by atomic mass is 16.5. The molecular formula is C15H23NO2. The molecule has 3 heteroatoms. The van der Waals surface area contributed by atoms with Gasteiger partial charge < -0.3 is 14.8 Å². The molecule has 0 spiro atoms. The Morgan fingerprint density at radius 3 is 2.94 bits per heavy atom. The Balaban J connectivity index is 1.78. The van der Waals surface area contributed by atoms with Crippen molar-refractivity contribution in [2.45, 2.75) is 32.3 Å². The summed E-state index contributed by atoms with van der Waals surface area (Å²) in [7, 11) is 1.71. The Labute approximate surface area is 109 Å². The maximum absolute atomic E-state index is 5.92. The zero-order valence-corrected chi connectivity index (χ0v) is 11.4. The third-order valence-electron chi connectivity index (χ3n) is 3.32. The number of methoxy groups -OCH3 is 1. The van der Waals surface area contributed by atoms with E-state index in [0.717, 1.165) is 25.4 Å². The van der Waals surface area contributed by atoms with Gasteiger partial charge in [0.2, 0.25) is 0 Å². The molecule has 1 atom stereocenters. The van der Waals surface area contributed by atoms with Crippen LogP contribution in [0.2, 0.25) is 0 Å². The van der Waals surface area contributed by atoms with E-state index in [0.29, 0.717) is 0 Å². The number of rotatable bonds is 7. The molecule has 100 valence electrons.